The molecule has 20 heavy (non-hydrogen) atoms. The highest BCUT2D eigenvalue weighted by Crippen LogP contribution is 2.19. The first kappa shape index (κ1) is 14.1. The highest BCUT2D eigenvalue weighted by Gasteiger charge is 2.17. The summed E-state index contributed by atoms with van der Waals surface area (Å²) in [6.45, 7) is 0. The quantitative estimate of drug-likeness (QED) is 0.875. The van der Waals surface area contributed by atoms with Gasteiger partial charge >= 0.3 is 0 Å². The van der Waals surface area contributed by atoms with Crippen LogP contribution in [-0.2, 0) is 11.8 Å². The van der Waals surface area contributed by atoms with Gasteiger partial charge in [0.2, 0.25) is 5.91 Å². The number of nitrogens with zero attached hydrogens (tertiary/aromatic N) is 3. The van der Waals surface area contributed by atoms with E-state index in [1.54, 1.807) is 24.1 Å². The zero-order chi connectivity index (χ0) is 14.7. The van der Waals surface area contributed by atoms with Crippen LogP contribution < -0.4 is 16.0 Å². The van der Waals surface area contributed by atoms with Crippen molar-refractivity contribution in [2.75, 3.05) is 24.3 Å². The van der Waals surface area contributed by atoms with Crippen LogP contribution in [0, 0.1) is 0 Å². The Morgan fingerprint density at radius 1 is 1.45 bits per heavy atom. The normalized spacial score (nSPS) is 12.0. The topological polar surface area (TPSA) is 76.2 Å². The number of hydrogen-bond acceptors (Lipinski definition) is 4. The lowest BCUT2D eigenvalue weighted by molar-refractivity contribution is -0.117. The van der Waals surface area contributed by atoms with Crippen molar-refractivity contribution in [3.63, 3.8) is 0 Å². The van der Waals surface area contributed by atoms with Crippen molar-refractivity contribution in [3.8, 4) is 0 Å². The predicted octanol–water partition coefficient (Wildman–Crippen LogP) is 1.12. The fraction of sp³-hybridized carbons (Fsp3) is 0.286. The van der Waals surface area contributed by atoms with Crippen LogP contribution in [-0.4, -0.2) is 29.8 Å². The number of anilines is 2. The Bertz CT molecular complexity index is 605. The number of carbonyl (C=O) groups excluding carboxylic acids is 1. The minimum Gasteiger partial charge on any atom is -0.378 e. The summed E-state index contributed by atoms with van der Waals surface area (Å²) in [6, 6.07) is 6.86. The zero-order valence-corrected chi connectivity index (χ0v) is 11.9. The summed E-state index contributed by atoms with van der Waals surface area (Å²) in [5, 5.41) is 6.83. The van der Waals surface area contributed by atoms with Crippen molar-refractivity contribution in [2.45, 2.75) is 6.04 Å². The summed E-state index contributed by atoms with van der Waals surface area (Å²) in [7, 11) is 5.68. The molecule has 0 saturated heterocycles. The van der Waals surface area contributed by atoms with Gasteiger partial charge < -0.3 is 16.0 Å². The van der Waals surface area contributed by atoms with Gasteiger partial charge in [0.05, 0.1) is 6.20 Å². The Morgan fingerprint density at radius 3 is 2.80 bits per heavy atom. The average molecular weight is 273 g/mol. The van der Waals surface area contributed by atoms with Crippen molar-refractivity contribution >= 4 is 17.3 Å². The molecule has 0 aliphatic heterocycles. The van der Waals surface area contributed by atoms with E-state index < -0.39 is 6.04 Å². The van der Waals surface area contributed by atoms with Crippen molar-refractivity contribution in [1.29, 1.82) is 0 Å². The molecule has 1 aromatic carbocycles. The van der Waals surface area contributed by atoms with E-state index in [-0.39, 0.29) is 5.91 Å². The molecule has 2 aromatic rings. The molecule has 2 rings (SSSR count). The van der Waals surface area contributed by atoms with Crippen LogP contribution >= 0.6 is 0 Å². The van der Waals surface area contributed by atoms with Gasteiger partial charge in [-0.2, -0.15) is 5.10 Å². The van der Waals surface area contributed by atoms with Gasteiger partial charge in [-0.25, -0.2) is 0 Å². The standard InChI is InChI=1S/C14H19N5O/c1-18(2)12-6-4-5-11(7-12)17-14(20)13(15)10-8-16-19(3)9-10/h4-9,13H,15H2,1-3H3,(H,17,20). The summed E-state index contributed by atoms with van der Waals surface area (Å²) in [5.41, 5.74) is 8.34. The summed E-state index contributed by atoms with van der Waals surface area (Å²) in [6.07, 6.45) is 3.33. The SMILES string of the molecule is CN(C)c1cccc(NC(=O)C(N)c2cnn(C)c2)c1. The third-order valence-electron chi connectivity index (χ3n) is 3.00. The van der Waals surface area contributed by atoms with Crippen LogP contribution in [0.4, 0.5) is 11.4 Å². The predicted molar refractivity (Wildman–Crippen MR) is 79.5 cm³/mol. The monoisotopic (exact) mass is 273 g/mol. The van der Waals surface area contributed by atoms with Gasteiger partial charge in [-0.1, -0.05) is 6.07 Å². The fourth-order valence-electron chi connectivity index (χ4n) is 1.83. The number of hydrogen-bond donors (Lipinski definition) is 2. The van der Waals surface area contributed by atoms with E-state index >= 15 is 0 Å². The lowest BCUT2D eigenvalue weighted by Crippen LogP contribution is -2.27. The number of rotatable bonds is 4. The number of aromatic nitrogens is 2. The van der Waals surface area contributed by atoms with Crippen molar-refractivity contribution < 1.29 is 4.79 Å². The van der Waals surface area contributed by atoms with Crippen molar-refractivity contribution in [1.82, 2.24) is 9.78 Å². The Morgan fingerprint density at radius 2 is 2.20 bits per heavy atom. The van der Waals surface area contributed by atoms with E-state index in [2.05, 4.69) is 10.4 Å². The number of nitrogens with two attached hydrogens (primary N) is 1. The molecule has 1 atom stereocenters. The van der Waals surface area contributed by atoms with Gasteiger partial charge in [0.25, 0.3) is 0 Å². The van der Waals surface area contributed by atoms with E-state index in [0.717, 1.165) is 11.4 Å². The molecular formula is C14H19N5O. The number of nitrogens with one attached hydrogen (secondary N) is 1. The molecule has 0 radical (unpaired) electrons. The van der Waals surface area contributed by atoms with Crippen LogP contribution in [0.5, 0.6) is 0 Å². The third-order valence-corrected chi connectivity index (χ3v) is 3.00. The maximum atomic E-state index is 12.1. The summed E-state index contributed by atoms with van der Waals surface area (Å²) in [4.78, 5) is 14.1. The maximum absolute atomic E-state index is 12.1. The second kappa shape index (κ2) is 5.75. The number of benzene rings is 1. The van der Waals surface area contributed by atoms with Crippen LogP contribution in [0.2, 0.25) is 0 Å². The largest absolute Gasteiger partial charge is 0.378 e. The van der Waals surface area contributed by atoms with Gasteiger partial charge in [0.1, 0.15) is 6.04 Å². The average Bonchev–Trinajstić information content (AvgIpc) is 2.84. The Labute approximate surface area is 118 Å². The third kappa shape index (κ3) is 3.16. The molecule has 1 aromatic heterocycles. The molecule has 1 heterocycles. The van der Waals surface area contributed by atoms with Gasteiger partial charge in [-0.15, -0.1) is 0 Å². The smallest absolute Gasteiger partial charge is 0.246 e. The van der Waals surface area contributed by atoms with Crippen LogP contribution in [0.1, 0.15) is 11.6 Å². The van der Waals surface area contributed by atoms with E-state index in [1.807, 2.05) is 43.3 Å². The number of amides is 1. The molecule has 0 aliphatic rings. The summed E-state index contributed by atoms with van der Waals surface area (Å²) in [5.74, 6) is -0.256. The van der Waals surface area contributed by atoms with E-state index in [9.17, 15) is 4.79 Å². The summed E-state index contributed by atoms with van der Waals surface area (Å²) < 4.78 is 1.62. The first-order valence-corrected chi connectivity index (χ1v) is 6.30. The van der Waals surface area contributed by atoms with Crippen molar-refractivity contribution in [2.24, 2.45) is 12.8 Å². The maximum Gasteiger partial charge on any atom is 0.246 e. The molecule has 1 unspecified atom stereocenters. The highest BCUT2D eigenvalue weighted by molar-refractivity contribution is 5.95. The summed E-state index contributed by atoms with van der Waals surface area (Å²) >= 11 is 0. The fourth-order valence-corrected chi connectivity index (χ4v) is 1.83. The molecule has 1 amide bonds. The second-order valence-corrected chi connectivity index (χ2v) is 4.86. The molecule has 0 spiro atoms. The van der Waals surface area contributed by atoms with Gasteiger partial charge in [0, 0.05) is 44.3 Å². The minimum absolute atomic E-state index is 0.256. The molecule has 6 nitrogen and oxygen atoms in total. The Hall–Kier alpha value is -2.34. The highest BCUT2D eigenvalue weighted by atomic mass is 16.2. The van der Waals surface area contributed by atoms with Crippen molar-refractivity contribution in [3.05, 3.63) is 42.2 Å². The van der Waals surface area contributed by atoms with Crippen LogP contribution in [0.25, 0.3) is 0 Å². The van der Waals surface area contributed by atoms with E-state index in [1.165, 1.54) is 0 Å². The molecule has 106 valence electrons. The second-order valence-electron chi connectivity index (χ2n) is 4.86. The molecule has 0 bridgehead atoms. The van der Waals surface area contributed by atoms with Gasteiger partial charge in [-0.05, 0) is 18.2 Å². The molecule has 0 fully saturated rings. The Balaban J connectivity index is 2.09. The zero-order valence-electron chi connectivity index (χ0n) is 11.9. The molecule has 0 aliphatic carbocycles. The molecule has 3 N–H and O–H groups in total. The lowest BCUT2D eigenvalue weighted by Gasteiger charge is -2.15. The molecule has 6 heteroatoms. The Kier molecular flexibility index (Phi) is 4.05. The van der Waals surface area contributed by atoms with E-state index in [0.29, 0.717) is 5.56 Å². The first-order valence-electron chi connectivity index (χ1n) is 6.30. The minimum atomic E-state index is -0.730. The van der Waals surface area contributed by atoms with Gasteiger partial charge in [0.15, 0.2) is 0 Å². The molecule has 0 saturated carbocycles. The van der Waals surface area contributed by atoms with Gasteiger partial charge in [-0.3, -0.25) is 9.48 Å². The van der Waals surface area contributed by atoms with E-state index in [4.69, 9.17) is 5.73 Å². The first-order chi connectivity index (χ1) is 9.47. The lowest BCUT2D eigenvalue weighted by atomic mass is 10.1. The van der Waals surface area contributed by atoms with Crippen LogP contribution in [0.15, 0.2) is 36.7 Å². The number of carbonyl (C=O) groups is 1. The molecular weight excluding hydrogens is 254 g/mol. The number of aryl methyl sites for hydroxylation is 1. The van der Waals surface area contributed by atoms with Crippen LogP contribution in [0.3, 0.4) is 0 Å².